The van der Waals surface area contributed by atoms with Crippen LogP contribution >= 0.6 is 15.9 Å². The van der Waals surface area contributed by atoms with E-state index in [2.05, 4.69) is 27.5 Å². The minimum atomic E-state index is -0.0694. The van der Waals surface area contributed by atoms with Crippen LogP contribution in [0.25, 0.3) is 0 Å². The third-order valence-electron chi connectivity index (χ3n) is 1.74. The number of nitrogens with zero attached hydrogens (tertiary/aromatic N) is 1. The Balaban J connectivity index is 2.10. The smallest absolute Gasteiger partial charge is 0.253 e. The molecule has 4 heteroatoms. The van der Waals surface area contributed by atoms with Gasteiger partial charge in [0.1, 0.15) is 0 Å². The van der Waals surface area contributed by atoms with Gasteiger partial charge in [-0.15, -0.1) is 0 Å². The molecule has 1 aliphatic rings. The maximum absolute atomic E-state index is 5.48. The predicted octanol–water partition coefficient (Wildman–Crippen LogP) is 2.33. The van der Waals surface area contributed by atoms with Crippen molar-refractivity contribution >= 4 is 21.8 Å². The van der Waals surface area contributed by atoms with Gasteiger partial charge in [0.25, 0.3) is 5.90 Å². The van der Waals surface area contributed by atoms with Crippen molar-refractivity contribution in [2.45, 2.75) is 6.10 Å². The number of rotatable bonds is 2. The molecule has 0 unspecified atom stereocenters. The number of halogens is 1. The molecule has 1 atom stereocenters. The van der Waals surface area contributed by atoms with Crippen molar-refractivity contribution < 1.29 is 9.15 Å². The molecule has 0 saturated carbocycles. The fourth-order valence-corrected chi connectivity index (χ4v) is 1.31. The van der Waals surface area contributed by atoms with Crippen molar-refractivity contribution in [2.24, 2.45) is 4.99 Å². The Morgan fingerprint density at radius 1 is 1.69 bits per heavy atom. The van der Waals surface area contributed by atoms with Gasteiger partial charge >= 0.3 is 0 Å². The fourth-order valence-electron chi connectivity index (χ4n) is 1.07. The third kappa shape index (κ3) is 1.67. The van der Waals surface area contributed by atoms with Gasteiger partial charge in [-0.25, -0.2) is 4.99 Å². The van der Waals surface area contributed by atoms with E-state index in [4.69, 9.17) is 9.15 Å². The number of ether oxygens (including phenoxy) is 1. The summed E-state index contributed by atoms with van der Waals surface area (Å²) in [5.41, 5.74) is 0. The summed E-state index contributed by atoms with van der Waals surface area (Å²) in [5.74, 6) is 1.21. The Bertz CT molecular complexity index is 343. The van der Waals surface area contributed by atoms with Crippen LogP contribution in [-0.2, 0) is 4.74 Å². The van der Waals surface area contributed by atoms with E-state index < -0.39 is 0 Å². The zero-order valence-electron chi connectivity index (χ0n) is 6.87. The minimum Gasteiger partial charge on any atom is -0.465 e. The van der Waals surface area contributed by atoms with Gasteiger partial charge in [0.2, 0.25) is 0 Å². The van der Waals surface area contributed by atoms with E-state index in [9.17, 15) is 0 Å². The molecule has 2 rings (SSSR count). The number of hydrogen-bond acceptors (Lipinski definition) is 3. The summed E-state index contributed by atoms with van der Waals surface area (Å²) in [6.45, 7) is 4.34. The largest absolute Gasteiger partial charge is 0.465 e. The van der Waals surface area contributed by atoms with Crippen molar-refractivity contribution in [1.82, 2.24) is 0 Å². The molecule has 0 aliphatic carbocycles. The first-order valence-corrected chi connectivity index (χ1v) is 4.66. The number of aliphatic imine (C=N–C) groups is 1. The van der Waals surface area contributed by atoms with Crippen LogP contribution in [0.5, 0.6) is 0 Å². The molecule has 0 radical (unpaired) electrons. The Morgan fingerprint density at radius 3 is 3.08 bits per heavy atom. The Kier molecular flexibility index (Phi) is 2.22. The van der Waals surface area contributed by atoms with E-state index in [0.29, 0.717) is 18.2 Å². The summed E-state index contributed by atoms with van der Waals surface area (Å²) in [6.07, 6.45) is 1.53. The average Bonchev–Trinajstić information content (AvgIpc) is 2.75. The van der Waals surface area contributed by atoms with Crippen LogP contribution in [-0.4, -0.2) is 18.5 Å². The first-order valence-electron chi connectivity index (χ1n) is 3.86. The van der Waals surface area contributed by atoms with Gasteiger partial charge < -0.3 is 9.15 Å². The summed E-state index contributed by atoms with van der Waals surface area (Å²) in [6, 6.07) is 3.62. The zero-order valence-corrected chi connectivity index (χ0v) is 8.45. The van der Waals surface area contributed by atoms with Crippen molar-refractivity contribution in [3.63, 3.8) is 0 Å². The van der Waals surface area contributed by atoms with Crippen molar-refractivity contribution in [2.75, 3.05) is 6.54 Å². The lowest BCUT2D eigenvalue weighted by Crippen LogP contribution is -2.12. The molecule has 2 heterocycles. The molecule has 0 bridgehead atoms. The molecule has 0 aromatic carbocycles. The summed E-state index contributed by atoms with van der Waals surface area (Å²) in [7, 11) is 0. The van der Waals surface area contributed by atoms with Gasteiger partial charge in [-0.2, -0.15) is 0 Å². The molecule has 0 fully saturated rings. The van der Waals surface area contributed by atoms with Gasteiger partial charge in [0, 0.05) is 4.48 Å². The van der Waals surface area contributed by atoms with Crippen LogP contribution in [0.1, 0.15) is 5.76 Å². The van der Waals surface area contributed by atoms with Gasteiger partial charge in [-0.1, -0.05) is 22.5 Å². The molecular weight excluding hydrogens is 234 g/mol. The maximum Gasteiger partial charge on any atom is 0.253 e. The highest BCUT2D eigenvalue weighted by Crippen LogP contribution is 2.20. The van der Waals surface area contributed by atoms with Crippen LogP contribution in [0.4, 0.5) is 0 Å². The van der Waals surface area contributed by atoms with Crippen LogP contribution in [0, 0.1) is 0 Å². The van der Waals surface area contributed by atoms with Gasteiger partial charge in [-0.05, 0) is 12.1 Å². The second-order valence-electron chi connectivity index (χ2n) is 2.68. The fraction of sp³-hybridized carbons (Fsp3) is 0.222. The highest BCUT2D eigenvalue weighted by Gasteiger charge is 2.23. The molecule has 68 valence electrons. The van der Waals surface area contributed by atoms with Crippen LogP contribution in [0.3, 0.4) is 0 Å². The van der Waals surface area contributed by atoms with E-state index in [0.717, 1.165) is 4.48 Å². The van der Waals surface area contributed by atoms with E-state index in [-0.39, 0.29) is 6.10 Å². The van der Waals surface area contributed by atoms with Gasteiger partial charge in [-0.3, -0.25) is 0 Å². The van der Waals surface area contributed by atoms with Crippen molar-refractivity contribution in [3.8, 4) is 0 Å². The lowest BCUT2D eigenvalue weighted by atomic mass is 10.4. The molecule has 1 aliphatic heterocycles. The zero-order chi connectivity index (χ0) is 9.26. The second-order valence-corrected chi connectivity index (χ2v) is 3.70. The molecule has 0 amide bonds. The molecule has 3 nitrogen and oxygen atoms in total. The molecule has 13 heavy (non-hydrogen) atoms. The van der Waals surface area contributed by atoms with E-state index >= 15 is 0 Å². The molecule has 1 aromatic rings. The van der Waals surface area contributed by atoms with E-state index in [1.165, 1.54) is 0 Å². The number of furan rings is 1. The van der Waals surface area contributed by atoms with Crippen molar-refractivity contribution in [1.29, 1.82) is 0 Å². The molecular formula is C9H8BrNO2. The second kappa shape index (κ2) is 3.38. The quantitative estimate of drug-likeness (QED) is 0.797. The summed E-state index contributed by atoms with van der Waals surface area (Å²) < 4.78 is 11.4. The lowest BCUT2D eigenvalue weighted by Gasteiger charge is -2.07. The molecule has 0 spiro atoms. The number of hydrogen-bond donors (Lipinski definition) is 0. The maximum atomic E-state index is 5.48. The monoisotopic (exact) mass is 241 g/mol. The first kappa shape index (κ1) is 8.56. The highest BCUT2D eigenvalue weighted by atomic mass is 79.9. The van der Waals surface area contributed by atoms with Gasteiger partial charge in [0.05, 0.1) is 12.8 Å². The minimum absolute atomic E-state index is 0.0694. The van der Waals surface area contributed by atoms with Crippen LogP contribution < -0.4 is 0 Å². The van der Waals surface area contributed by atoms with Crippen molar-refractivity contribution in [3.05, 3.63) is 35.2 Å². The third-order valence-corrected chi connectivity index (χ3v) is 2.25. The van der Waals surface area contributed by atoms with E-state index in [1.54, 1.807) is 12.3 Å². The van der Waals surface area contributed by atoms with Crippen LogP contribution in [0.2, 0.25) is 0 Å². The summed E-state index contributed by atoms with van der Waals surface area (Å²) in [5, 5.41) is 0. The molecule has 1 aromatic heterocycles. The summed E-state index contributed by atoms with van der Waals surface area (Å²) >= 11 is 3.27. The van der Waals surface area contributed by atoms with Gasteiger partial charge in [0.15, 0.2) is 11.9 Å². The average molecular weight is 242 g/mol. The SMILES string of the molecule is C=C(Br)[C@@H]1CN=C(c2ccco2)O1. The van der Waals surface area contributed by atoms with E-state index in [1.807, 2.05) is 6.07 Å². The highest BCUT2D eigenvalue weighted by molar-refractivity contribution is 9.11. The Labute approximate surface area is 84.2 Å². The summed E-state index contributed by atoms with van der Waals surface area (Å²) in [4.78, 5) is 4.19. The standard InChI is InChI=1S/C9H8BrNO2/c1-6(10)8-5-11-9(13-8)7-3-2-4-12-7/h2-4,8H,1,5H2/t8-/m0/s1. The topological polar surface area (TPSA) is 34.7 Å². The van der Waals surface area contributed by atoms with Crippen LogP contribution in [0.15, 0.2) is 38.9 Å². The predicted molar refractivity (Wildman–Crippen MR) is 53.1 cm³/mol. The normalized spacial score (nSPS) is 21.0. The first-order chi connectivity index (χ1) is 6.27. The molecule has 0 saturated heterocycles. The lowest BCUT2D eigenvalue weighted by molar-refractivity contribution is 0.267. The molecule has 0 N–H and O–H groups in total. The Morgan fingerprint density at radius 2 is 2.54 bits per heavy atom. The Hall–Kier alpha value is -1.03.